The van der Waals surface area contributed by atoms with Crippen molar-refractivity contribution in [3.8, 4) is 0 Å². The lowest BCUT2D eigenvalue weighted by Crippen LogP contribution is -2.19. The summed E-state index contributed by atoms with van der Waals surface area (Å²) in [5.74, 6) is 0. The second-order valence-corrected chi connectivity index (χ2v) is 3.09. The zero-order chi connectivity index (χ0) is 10.6. The first-order chi connectivity index (χ1) is 7.50. The Balaban J connectivity index is 0.000000112. The van der Waals surface area contributed by atoms with E-state index in [2.05, 4.69) is 31.8 Å². The fraction of sp³-hybridized carbons (Fsp3) is 0.667. The summed E-state index contributed by atoms with van der Waals surface area (Å²) in [5.41, 5.74) is 5.65. The third-order valence-corrected chi connectivity index (χ3v) is 1.82. The van der Waals surface area contributed by atoms with Gasteiger partial charge in [0.25, 0.3) is 0 Å². The van der Waals surface area contributed by atoms with Crippen molar-refractivity contribution in [2.45, 2.75) is 0 Å². The van der Waals surface area contributed by atoms with Crippen LogP contribution in [0, 0.1) is 0 Å². The van der Waals surface area contributed by atoms with E-state index in [-0.39, 0.29) is 0 Å². The van der Waals surface area contributed by atoms with E-state index in [0.717, 1.165) is 39.4 Å². The second-order valence-electron chi connectivity index (χ2n) is 3.09. The lowest BCUT2D eigenvalue weighted by molar-refractivity contribution is 0.727. The van der Waals surface area contributed by atoms with E-state index in [9.17, 15) is 0 Å². The zero-order valence-electron chi connectivity index (χ0n) is 8.92. The number of rotatable bonds is 0. The van der Waals surface area contributed by atoms with E-state index >= 15 is 0 Å². The van der Waals surface area contributed by atoms with Crippen molar-refractivity contribution in [1.82, 2.24) is 26.8 Å². The third-order valence-electron chi connectivity index (χ3n) is 1.82. The monoisotopic (exact) mass is 212 g/mol. The number of aliphatic imine (C=N–C) groups is 1. The summed E-state index contributed by atoms with van der Waals surface area (Å²) < 4.78 is 0. The number of hydrazine groups is 1. The molecule has 6 heteroatoms. The smallest absolute Gasteiger partial charge is 0.0825 e. The highest BCUT2D eigenvalue weighted by Crippen LogP contribution is 1.68. The third kappa shape index (κ3) is 7.92. The second kappa shape index (κ2) is 9.45. The lowest BCUT2D eigenvalue weighted by atomic mass is 10.7. The van der Waals surface area contributed by atoms with Crippen LogP contribution in [0.5, 0.6) is 0 Å². The summed E-state index contributed by atoms with van der Waals surface area (Å²) >= 11 is 0. The first-order valence-electron chi connectivity index (χ1n) is 5.26. The molecule has 6 nitrogen and oxygen atoms in total. The van der Waals surface area contributed by atoms with Gasteiger partial charge >= 0.3 is 0 Å². The highest BCUT2D eigenvalue weighted by Gasteiger charge is 1.90. The molecule has 0 aromatic carbocycles. The van der Waals surface area contributed by atoms with Crippen LogP contribution < -0.4 is 26.8 Å². The Kier molecular flexibility index (Phi) is 7.53. The molecule has 5 N–H and O–H groups in total. The van der Waals surface area contributed by atoms with E-state index in [0.29, 0.717) is 0 Å². The van der Waals surface area contributed by atoms with E-state index < -0.39 is 0 Å². The molecule has 3 rings (SSSR count). The predicted octanol–water partition coefficient (Wildman–Crippen LogP) is -1.64. The topological polar surface area (TPSA) is 72.5 Å². The Morgan fingerprint density at radius 1 is 1.07 bits per heavy atom. The summed E-state index contributed by atoms with van der Waals surface area (Å²) in [6, 6.07) is 0. The molecule has 0 atom stereocenters. The summed E-state index contributed by atoms with van der Waals surface area (Å²) in [6.07, 6.45) is 5.62. The van der Waals surface area contributed by atoms with Crippen molar-refractivity contribution < 1.29 is 0 Å². The van der Waals surface area contributed by atoms with E-state index in [1.807, 2.05) is 12.3 Å². The Morgan fingerprint density at radius 2 is 1.93 bits per heavy atom. The van der Waals surface area contributed by atoms with Gasteiger partial charge in [-0.1, -0.05) is 6.08 Å². The number of nitrogens with one attached hydrogen (secondary N) is 5. The molecule has 0 aliphatic carbocycles. The molecule has 86 valence electrons. The van der Waals surface area contributed by atoms with Crippen molar-refractivity contribution in [2.24, 2.45) is 4.99 Å². The van der Waals surface area contributed by atoms with Crippen molar-refractivity contribution >= 4 is 6.34 Å². The molecule has 0 amide bonds. The molecular formula is C9H20N6. The quantitative estimate of drug-likeness (QED) is 0.333. The molecule has 3 aliphatic heterocycles. The van der Waals surface area contributed by atoms with Crippen LogP contribution in [0.4, 0.5) is 0 Å². The fourth-order valence-corrected chi connectivity index (χ4v) is 1.06. The first-order valence-corrected chi connectivity index (χ1v) is 5.26. The zero-order valence-corrected chi connectivity index (χ0v) is 8.92. The molecule has 0 bridgehead atoms. The van der Waals surface area contributed by atoms with Crippen LogP contribution in [0.1, 0.15) is 0 Å². The van der Waals surface area contributed by atoms with Crippen LogP contribution >= 0.6 is 0 Å². The van der Waals surface area contributed by atoms with Gasteiger partial charge in [0.15, 0.2) is 0 Å². The standard InChI is InChI=1S/C3H8N2.2C3H6N2/c2*1-2-5-3-4-1;1-2-4-5-3-1/h4-5H,1-3H2;3H,1-2H2,(H,4,5);1-2,4-5H,3H2. The van der Waals surface area contributed by atoms with Gasteiger partial charge in [0.05, 0.1) is 12.9 Å². The van der Waals surface area contributed by atoms with Crippen LogP contribution in [0.25, 0.3) is 0 Å². The highest BCUT2D eigenvalue weighted by molar-refractivity contribution is 5.56. The van der Waals surface area contributed by atoms with Crippen molar-refractivity contribution in [3.05, 3.63) is 12.3 Å². The largest absolute Gasteiger partial charge is 0.375 e. The molecule has 0 saturated carbocycles. The van der Waals surface area contributed by atoms with Crippen molar-refractivity contribution in [2.75, 3.05) is 39.4 Å². The molecule has 3 heterocycles. The van der Waals surface area contributed by atoms with Crippen LogP contribution in [-0.4, -0.2) is 45.7 Å². The van der Waals surface area contributed by atoms with Gasteiger partial charge in [0, 0.05) is 39.0 Å². The van der Waals surface area contributed by atoms with Crippen LogP contribution in [0.15, 0.2) is 17.3 Å². The lowest BCUT2D eigenvalue weighted by Gasteiger charge is -1.83. The molecule has 0 spiro atoms. The minimum Gasteiger partial charge on any atom is -0.375 e. The number of hydrogen-bond donors (Lipinski definition) is 5. The molecule has 0 unspecified atom stereocenters. The average Bonchev–Trinajstić information content (AvgIpc) is 3.09. The Bertz CT molecular complexity index is 151. The normalized spacial score (nSPS) is 20.8. The maximum absolute atomic E-state index is 3.85. The summed E-state index contributed by atoms with van der Waals surface area (Å²) in [7, 11) is 0. The van der Waals surface area contributed by atoms with Gasteiger partial charge in [0.2, 0.25) is 0 Å². The molecule has 1 fully saturated rings. The van der Waals surface area contributed by atoms with Gasteiger partial charge in [-0.3, -0.25) is 4.99 Å². The van der Waals surface area contributed by atoms with Crippen molar-refractivity contribution in [1.29, 1.82) is 0 Å². The predicted molar refractivity (Wildman–Crippen MR) is 62.5 cm³/mol. The summed E-state index contributed by atoms with van der Waals surface area (Å²) in [4.78, 5) is 3.85. The molecule has 0 aromatic rings. The van der Waals surface area contributed by atoms with Crippen LogP contribution in [-0.2, 0) is 0 Å². The van der Waals surface area contributed by atoms with Crippen LogP contribution in [0.2, 0.25) is 0 Å². The molecule has 0 radical (unpaired) electrons. The van der Waals surface area contributed by atoms with Gasteiger partial charge in [0.1, 0.15) is 0 Å². The van der Waals surface area contributed by atoms with Gasteiger partial charge in [-0.05, 0) is 0 Å². The fourth-order valence-electron chi connectivity index (χ4n) is 1.06. The SMILES string of the molecule is C1=CNNC1.C1=NCCN1.C1CNCN1. The Morgan fingerprint density at radius 3 is 2.13 bits per heavy atom. The minimum absolute atomic E-state index is 0.958. The summed E-state index contributed by atoms with van der Waals surface area (Å²) in [5, 5.41) is 9.15. The number of hydrogen-bond acceptors (Lipinski definition) is 6. The van der Waals surface area contributed by atoms with Gasteiger partial charge in [-0.15, -0.1) is 0 Å². The van der Waals surface area contributed by atoms with E-state index in [4.69, 9.17) is 0 Å². The maximum atomic E-state index is 3.85. The summed E-state index contributed by atoms with van der Waals surface area (Å²) in [6.45, 7) is 6.22. The molecule has 1 saturated heterocycles. The van der Waals surface area contributed by atoms with Gasteiger partial charge in [-0.2, -0.15) is 0 Å². The van der Waals surface area contributed by atoms with E-state index in [1.165, 1.54) is 0 Å². The molecule has 15 heavy (non-hydrogen) atoms. The highest BCUT2D eigenvalue weighted by atomic mass is 15.4. The van der Waals surface area contributed by atoms with Gasteiger partial charge in [-0.25, -0.2) is 5.43 Å². The molecule has 3 aliphatic rings. The Labute approximate surface area is 90.6 Å². The average molecular weight is 212 g/mol. The van der Waals surface area contributed by atoms with Crippen LogP contribution in [0.3, 0.4) is 0 Å². The maximum Gasteiger partial charge on any atom is 0.0825 e. The minimum atomic E-state index is 0.958. The Hall–Kier alpha value is -1.11. The van der Waals surface area contributed by atoms with Crippen molar-refractivity contribution in [3.63, 3.8) is 0 Å². The van der Waals surface area contributed by atoms with Gasteiger partial charge < -0.3 is 21.4 Å². The first kappa shape index (κ1) is 12.0. The van der Waals surface area contributed by atoms with E-state index in [1.54, 1.807) is 6.34 Å². The number of nitrogens with zero attached hydrogens (tertiary/aromatic N) is 1. The molecular weight excluding hydrogens is 192 g/mol. The molecule has 0 aromatic heterocycles.